The summed E-state index contributed by atoms with van der Waals surface area (Å²) in [6.45, 7) is 25.1. The van der Waals surface area contributed by atoms with Crippen LogP contribution >= 0.6 is 0 Å². The van der Waals surface area contributed by atoms with Gasteiger partial charge < -0.3 is 67.0 Å². The molecule has 20 nitrogen and oxygen atoms in total. The van der Waals surface area contributed by atoms with Crippen molar-refractivity contribution in [2.45, 2.75) is 182 Å². The zero-order valence-electron chi connectivity index (χ0n) is 49.6. The van der Waals surface area contributed by atoms with Gasteiger partial charge in [-0.25, -0.2) is 9.59 Å². The van der Waals surface area contributed by atoms with Gasteiger partial charge in [0.2, 0.25) is 0 Å². The van der Waals surface area contributed by atoms with E-state index in [0.29, 0.717) is 99.1 Å². The minimum absolute atomic E-state index is 0.0810. The summed E-state index contributed by atoms with van der Waals surface area (Å²) in [7, 11) is 6.38. The van der Waals surface area contributed by atoms with E-state index in [1.807, 2.05) is 27.7 Å². The number of carbonyl (C=O) groups is 6. The predicted molar refractivity (Wildman–Crippen MR) is 295 cm³/mol. The van der Waals surface area contributed by atoms with Crippen molar-refractivity contribution < 1.29 is 76.1 Å². The Labute approximate surface area is 463 Å². The third kappa shape index (κ3) is 21.0. The van der Waals surface area contributed by atoms with Crippen LogP contribution in [-0.4, -0.2) is 184 Å². The van der Waals surface area contributed by atoms with Crippen molar-refractivity contribution in [2.75, 3.05) is 81.2 Å². The first-order valence-electron chi connectivity index (χ1n) is 27.4. The molecule has 0 radical (unpaired) electrons. The Hall–Kier alpha value is -6.02. The zero-order chi connectivity index (χ0) is 58.3. The Morgan fingerprint density at radius 3 is 1.19 bits per heavy atom. The van der Waals surface area contributed by atoms with Gasteiger partial charge in [-0.1, -0.05) is 0 Å². The number of hydrogen-bond acceptors (Lipinski definition) is 16. The average Bonchev–Trinajstić information content (AvgIpc) is 3.38. The Morgan fingerprint density at radius 2 is 0.897 bits per heavy atom. The van der Waals surface area contributed by atoms with Crippen LogP contribution in [0, 0.1) is 0 Å². The lowest BCUT2D eigenvalue weighted by Crippen LogP contribution is -2.57. The number of hydrogen-bond donors (Lipinski definition) is 0. The summed E-state index contributed by atoms with van der Waals surface area (Å²) < 4.78 is 54.4. The summed E-state index contributed by atoms with van der Waals surface area (Å²) in [6, 6.07) is 8.72. The zero-order valence-corrected chi connectivity index (χ0v) is 49.6. The molecule has 4 amide bonds. The molecule has 4 atom stereocenters. The fourth-order valence-corrected chi connectivity index (χ4v) is 9.37. The standard InChI is InChI=1S/2C29H46N2O8/c2*1-9-37-26(32)18-22-12-13-23(19-30(22)28(34)39-29(4,5)6)31(20(2)3)27(33)21-11-14-24(36-8)25(17-21)38-16-10-15-35-7/h2*11,14,17,20,22-23H,9-10,12-13,15-16,18-19H2,1-8H3/t2*22-,23+/m00/s1. The van der Waals surface area contributed by atoms with Crippen LogP contribution in [0.5, 0.6) is 23.0 Å². The number of nitrogens with zero attached hydrogens (tertiary/aromatic N) is 4. The fraction of sp³-hybridized carbons (Fsp3) is 0.690. The third-order valence-corrected chi connectivity index (χ3v) is 12.7. The summed E-state index contributed by atoms with van der Waals surface area (Å²) in [5.74, 6) is 0.976. The number of carbonyl (C=O) groups excluding carboxylic acids is 6. The van der Waals surface area contributed by atoms with Gasteiger partial charge in [-0.3, -0.25) is 19.2 Å². The summed E-state index contributed by atoms with van der Waals surface area (Å²) >= 11 is 0. The number of rotatable bonds is 24. The van der Waals surface area contributed by atoms with E-state index in [1.165, 1.54) is 0 Å². The maximum atomic E-state index is 13.9. The van der Waals surface area contributed by atoms with Crippen LogP contribution in [0.2, 0.25) is 0 Å². The number of likely N-dealkylation sites (tertiary alicyclic amines) is 2. The smallest absolute Gasteiger partial charge is 0.410 e. The monoisotopic (exact) mass is 1100 g/mol. The first-order chi connectivity index (χ1) is 36.8. The van der Waals surface area contributed by atoms with Gasteiger partial charge in [0.15, 0.2) is 23.0 Å². The number of esters is 2. The first kappa shape index (κ1) is 66.3. The molecule has 0 aromatic heterocycles. The number of ether oxygens (including phenoxy) is 10. The van der Waals surface area contributed by atoms with Gasteiger partial charge in [-0.05, 0) is 145 Å². The molecule has 0 saturated carbocycles. The molecule has 20 heteroatoms. The Kier molecular flexibility index (Phi) is 27.3. The van der Waals surface area contributed by atoms with Gasteiger partial charge >= 0.3 is 24.1 Å². The van der Waals surface area contributed by atoms with Crippen LogP contribution in [0.25, 0.3) is 0 Å². The molecule has 2 aliphatic rings. The molecule has 4 rings (SSSR count). The molecule has 2 aromatic carbocycles. The number of amides is 4. The highest BCUT2D eigenvalue weighted by Gasteiger charge is 2.42. The molecule has 0 N–H and O–H groups in total. The second-order valence-corrected chi connectivity index (χ2v) is 21.8. The largest absolute Gasteiger partial charge is 0.493 e. The van der Waals surface area contributed by atoms with E-state index in [9.17, 15) is 28.8 Å². The quantitative estimate of drug-likeness (QED) is 0.0545. The molecule has 0 aliphatic carbocycles. The first-order valence-corrected chi connectivity index (χ1v) is 27.4. The highest BCUT2D eigenvalue weighted by Crippen LogP contribution is 2.34. The van der Waals surface area contributed by atoms with Gasteiger partial charge in [-0.15, -0.1) is 0 Å². The lowest BCUT2D eigenvalue weighted by atomic mass is 9.94. The minimum Gasteiger partial charge on any atom is -0.493 e. The van der Waals surface area contributed by atoms with E-state index >= 15 is 0 Å². The maximum Gasteiger partial charge on any atom is 0.410 e. The second kappa shape index (κ2) is 32.2. The number of benzene rings is 2. The van der Waals surface area contributed by atoms with Crippen molar-refractivity contribution in [1.82, 2.24) is 19.6 Å². The van der Waals surface area contributed by atoms with Gasteiger partial charge in [0.1, 0.15) is 11.2 Å². The van der Waals surface area contributed by atoms with E-state index < -0.39 is 23.4 Å². The van der Waals surface area contributed by atoms with E-state index in [4.69, 9.17) is 47.4 Å². The maximum absolute atomic E-state index is 13.9. The van der Waals surface area contributed by atoms with E-state index in [1.54, 1.807) is 140 Å². The average molecular weight is 1100 g/mol. The van der Waals surface area contributed by atoms with Crippen LogP contribution in [0.15, 0.2) is 36.4 Å². The molecule has 440 valence electrons. The van der Waals surface area contributed by atoms with Crippen molar-refractivity contribution in [3.8, 4) is 23.0 Å². The van der Waals surface area contributed by atoms with Gasteiger partial charge in [-0.2, -0.15) is 0 Å². The Balaban J connectivity index is 0.000000410. The molecule has 2 fully saturated rings. The van der Waals surface area contributed by atoms with E-state index in [-0.39, 0.29) is 99.1 Å². The van der Waals surface area contributed by atoms with Crippen molar-refractivity contribution in [2.24, 2.45) is 0 Å². The molecule has 78 heavy (non-hydrogen) atoms. The third-order valence-electron chi connectivity index (χ3n) is 12.7. The highest BCUT2D eigenvalue weighted by molar-refractivity contribution is 5.96. The van der Waals surface area contributed by atoms with Crippen LogP contribution in [0.3, 0.4) is 0 Å². The van der Waals surface area contributed by atoms with Gasteiger partial charge in [0.05, 0.1) is 65.6 Å². The van der Waals surface area contributed by atoms with E-state index in [2.05, 4.69) is 0 Å². The normalized spacial score (nSPS) is 17.5. The number of methoxy groups -OCH3 is 4. The van der Waals surface area contributed by atoms with Crippen molar-refractivity contribution in [3.63, 3.8) is 0 Å². The van der Waals surface area contributed by atoms with Gasteiger partial charge in [0, 0.05) is 88.7 Å². The predicted octanol–water partition coefficient (Wildman–Crippen LogP) is 9.36. The highest BCUT2D eigenvalue weighted by atomic mass is 16.6. The lowest BCUT2D eigenvalue weighted by Gasteiger charge is -2.45. The van der Waals surface area contributed by atoms with E-state index in [0.717, 1.165) is 0 Å². The fourth-order valence-electron chi connectivity index (χ4n) is 9.37. The van der Waals surface area contributed by atoms with Crippen LogP contribution in [-0.2, 0) is 38.0 Å². The number of piperidine rings is 2. The van der Waals surface area contributed by atoms with Crippen LogP contribution < -0.4 is 18.9 Å². The summed E-state index contributed by atoms with van der Waals surface area (Å²) in [5.41, 5.74) is -0.476. The Bertz CT molecular complexity index is 2070. The van der Waals surface area contributed by atoms with Crippen LogP contribution in [0.4, 0.5) is 9.59 Å². The molecule has 0 bridgehead atoms. The summed E-state index contributed by atoms with van der Waals surface area (Å²) in [5, 5.41) is 0. The molecular formula is C58H92N4O16. The van der Waals surface area contributed by atoms with Gasteiger partial charge in [0.25, 0.3) is 11.8 Å². The minimum atomic E-state index is -0.700. The molecule has 0 spiro atoms. The molecule has 2 aliphatic heterocycles. The van der Waals surface area contributed by atoms with Crippen molar-refractivity contribution in [3.05, 3.63) is 47.5 Å². The van der Waals surface area contributed by atoms with Crippen LogP contribution in [0.1, 0.15) is 155 Å². The molecule has 2 aromatic rings. The van der Waals surface area contributed by atoms with Crippen molar-refractivity contribution in [1.29, 1.82) is 0 Å². The summed E-state index contributed by atoms with van der Waals surface area (Å²) in [6.07, 6.45) is 2.88. The molecular weight excluding hydrogens is 1010 g/mol. The summed E-state index contributed by atoms with van der Waals surface area (Å²) in [4.78, 5) is 85.5. The topological polar surface area (TPSA) is 208 Å². The second-order valence-electron chi connectivity index (χ2n) is 21.8. The molecule has 2 saturated heterocycles. The molecule has 2 heterocycles. The Morgan fingerprint density at radius 1 is 0.538 bits per heavy atom. The van der Waals surface area contributed by atoms with Crippen molar-refractivity contribution >= 4 is 35.9 Å². The SMILES string of the molecule is CCOC(=O)C[C@@H]1CC[C@@H](N(C(=O)c2ccc(OC)c(OCCCOC)c2)C(C)C)CN1C(=O)OC(C)(C)C.CCOC(=O)C[C@@H]1CC[C@@H](N(C(=O)c2ccc(OC)c(OCCCOC)c2)C(C)C)CN1C(=O)OC(C)(C)C. The molecule has 0 unspecified atom stereocenters. The lowest BCUT2D eigenvalue weighted by molar-refractivity contribution is -0.146.